The van der Waals surface area contributed by atoms with E-state index >= 15 is 0 Å². The Bertz CT molecular complexity index is 625. The molecule has 0 aromatic heterocycles. The van der Waals surface area contributed by atoms with Gasteiger partial charge in [-0.05, 0) is 48.4 Å². The van der Waals surface area contributed by atoms with Crippen molar-refractivity contribution in [2.24, 2.45) is 5.73 Å². The van der Waals surface area contributed by atoms with Crippen LogP contribution in [0.3, 0.4) is 0 Å². The molecule has 0 saturated carbocycles. The lowest BCUT2D eigenvalue weighted by Gasteiger charge is -2.19. The minimum absolute atomic E-state index is 0.291. The predicted molar refractivity (Wildman–Crippen MR) is 83.3 cm³/mol. The van der Waals surface area contributed by atoms with Crippen LogP contribution >= 0.6 is 0 Å². The van der Waals surface area contributed by atoms with Crippen molar-refractivity contribution in [2.75, 3.05) is 21.3 Å². The van der Waals surface area contributed by atoms with Gasteiger partial charge in [-0.3, -0.25) is 0 Å². The molecular formula is C17H21NO3. The first kappa shape index (κ1) is 15.2. The van der Waals surface area contributed by atoms with Gasteiger partial charge in [0.1, 0.15) is 17.2 Å². The molecule has 4 heteroatoms. The van der Waals surface area contributed by atoms with Crippen LogP contribution in [0, 0.1) is 6.92 Å². The number of rotatable bonds is 5. The van der Waals surface area contributed by atoms with Gasteiger partial charge < -0.3 is 19.9 Å². The van der Waals surface area contributed by atoms with E-state index in [1.807, 2.05) is 43.3 Å². The molecule has 112 valence electrons. The first-order valence-corrected chi connectivity index (χ1v) is 6.72. The third-order valence-electron chi connectivity index (χ3n) is 3.58. The molecule has 2 aromatic rings. The number of benzene rings is 2. The summed E-state index contributed by atoms with van der Waals surface area (Å²) in [6.45, 7) is 2.02. The summed E-state index contributed by atoms with van der Waals surface area (Å²) < 4.78 is 15.9. The first-order valence-electron chi connectivity index (χ1n) is 6.72. The lowest BCUT2D eigenvalue weighted by molar-refractivity contribution is 0.397. The second-order valence-electron chi connectivity index (χ2n) is 4.81. The summed E-state index contributed by atoms with van der Waals surface area (Å²) in [6.07, 6.45) is 0. The van der Waals surface area contributed by atoms with Crippen LogP contribution in [0.15, 0.2) is 36.4 Å². The number of hydrogen-bond acceptors (Lipinski definition) is 4. The van der Waals surface area contributed by atoms with Gasteiger partial charge in [-0.1, -0.05) is 6.07 Å². The minimum Gasteiger partial charge on any atom is -0.497 e. The zero-order valence-corrected chi connectivity index (χ0v) is 12.8. The molecule has 0 aliphatic carbocycles. The normalized spacial score (nSPS) is 11.9. The van der Waals surface area contributed by atoms with Gasteiger partial charge in [0.25, 0.3) is 0 Å². The molecule has 2 N–H and O–H groups in total. The fourth-order valence-electron chi connectivity index (χ4n) is 2.37. The Labute approximate surface area is 125 Å². The van der Waals surface area contributed by atoms with Crippen LogP contribution in [0.2, 0.25) is 0 Å². The topological polar surface area (TPSA) is 53.7 Å². The zero-order valence-electron chi connectivity index (χ0n) is 12.8. The minimum atomic E-state index is -0.291. The molecule has 2 aromatic carbocycles. The number of aryl methyl sites for hydroxylation is 1. The highest BCUT2D eigenvalue weighted by atomic mass is 16.5. The van der Waals surface area contributed by atoms with Crippen LogP contribution in [-0.2, 0) is 0 Å². The number of methoxy groups -OCH3 is 3. The lowest BCUT2D eigenvalue weighted by atomic mass is 9.94. The molecule has 0 radical (unpaired) electrons. The second kappa shape index (κ2) is 6.50. The van der Waals surface area contributed by atoms with E-state index in [0.717, 1.165) is 33.9 Å². The van der Waals surface area contributed by atoms with Crippen molar-refractivity contribution in [3.8, 4) is 17.2 Å². The van der Waals surface area contributed by atoms with E-state index in [2.05, 4.69) is 0 Å². The molecule has 0 bridgehead atoms. The Morgan fingerprint density at radius 1 is 0.810 bits per heavy atom. The van der Waals surface area contributed by atoms with Gasteiger partial charge in [0.2, 0.25) is 0 Å². The summed E-state index contributed by atoms with van der Waals surface area (Å²) in [4.78, 5) is 0. The van der Waals surface area contributed by atoms with E-state index in [0.29, 0.717) is 0 Å². The van der Waals surface area contributed by atoms with E-state index in [4.69, 9.17) is 19.9 Å². The molecule has 21 heavy (non-hydrogen) atoms. The molecule has 0 fully saturated rings. The molecule has 1 unspecified atom stereocenters. The van der Waals surface area contributed by atoms with E-state index in [9.17, 15) is 0 Å². The highest BCUT2D eigenvalue weighted by Crippen LogP contribution is 2.33. The Kier molecular flexibility index (Phi) is 4.70. The molecule has 4 nitrogen and oxygen atoms in total. The maximum Gasteiger partial charge on any atom is 0.124 e. The van der Waals surface area contributed by atoms with Crippen molar-refractivity contribution in [2.45, 2.75) is 13.0 Å². The van der Waals surface area contributed by atoms with Crippen LogP contribution in [0.5, 0.6) is 17.2 Å². The molecular weight excluding hydrogens is 266 g/mol. The number of nitrogens with two attached hydrogens (primary N) is 1. The van der Waals surface area contributed by atoms with Gasteiger partial charge in [-0.25, -0.2) is 0 Å². The Morgan fingerprint density at radius 3 is 2.00 bits per heavy atom. The van der Waals surface area contributed by atoms with Crippen molar-refractivity contribution in [1.29, 1.82) is 0 Å². The average molecular weight is 287 g/mol. The van der Waals surface area contributed by atoms with Gasteiger partial charge in [-0.2, -0.15) is 0 Å². The maximum absolute atomic E-state index is 6.43. The van der Waals surface area contributed by atoms with E-state index < -0.39 is 0 Å². The largest absolute Gasteiger partial charge is 0.497 e. The smallest absolute Gasteiger partial charge is 0.124 e. The summed E-state index contributed by atoms with van der Waals surface area (Å²) in [5, 5.41) is 0. The monoisotopic (exact) mass is 287 g/mol. The predicted octanol–water partition coefficient (Wildman–Crippen LogP) is 3.07. The summed E-state index contributed by atoms with van der Waals surface area (Å²) in [6, 6.07) is 11.2. The third-order valence-corrected chi connectivity index (χ3v) is 3.58. The van der Waals surface area contributed by atoms with Crippen LogP contribution in [0.25, 0.3) is 0 Å². The SMILES string of the molecule is COc1ccc(C(N)c2cc(OC)ccc2OC)c(C)c1. The highest BCUT2D eigenvalue weighted by molar-refractivity contribution is 5.48. The lowest BCUT2D eigenvalue weighted by Crippen LogP contribution is -2.14. The Morgan fingerprint density at radius 2 is 1.43 bits per heavy atom. The van der Waals surface area contributed by atoms with E-state index in [1.165, 1.54) is 0 Å². The molecule has 0 aliphatic heterocycles. The molecule has 0 spiro atoms. The molecule has 0 heterocycles. The fraction of sp³-hybridized carbons (Fsp3) is 0.294. The Balaban J connectivity index is 2.45. The quantitative estimate of drug-likeness (QED) is 0.918. The summed E-state index contributed by atoms with van der Waals surface area (Å²) >= 11 is 0. The van der Waals surface area contributed by atoms with Crippen molar-refractivity contribution < 1.29 is 14.2 Å². The molecule has 0 aliphatic rings. The summed E-state index contributed by atoms with van der Waals surface area (Å²) in [5.41, 5.74) is 9.43. The van der Waals surface area contributed by atoms with Crippen LogP contribution < -0.4 is 19.9 Å². The molecule has 1 atom stereocenters. The first-order chi connectivity index (χ1) is 10.1. The van der Waals surface area contributed by atoms with Crippen LogP contribution in [-0.4, -0.2) is 21.3 Å². The van der Waals surface area contributed by atoms with Crippen molar-refractivity contribution in [3.63, 3.8) is 0 Å². The highest BCUT2D eigenvalue weighted by Gasteiger charge is 2.17. The number of hydrogen-bond donors (Lipinski definition) is 1. The maximum atomic E-state index is 6.43. The molecule has 0 amide bonds. The van der Waals surface area contributed by atoms with Gasteiger partial charge in [0.15, 0.2) is 0 Å². The zero-order chi connectivity index (χ0) is 15.4. The van der Waals surface area contributed by atoms with Gasteiger partial charge in [0, 0.05) is 5.56 Å². The van der Waals surface area contributed by atoms with E-state index in [-0.39, 0.29) is 6.04 Å². The van der Waals surface area contributed by atoms with Crippen molar-refractivity contribution >= 4 is 0 Å². The van der Waals surface area contributed by atoms with Gasteiger partial charge >= 0.3 is 0 Å². The number of ether oxygens (including phenoxy) is 3. The van der Waals surface area contributed by atoms with Gasteiger partial charge in [0.05, 0.1) is 27.4 Å². The van der Waals surface area contributed by atoms with Gasteiger partial charge in [-0.15, -0.1) is 0 Å². The molecule has 2 rings (SSSR count). The van der Waals surface area contributed by atoms with Crippen LogP contribution in [0.4, 0.5) is 0 Å². The summed E-state index contributed by atoms with van der Waals surface area (Å²) in [7, 11) is 4.92. The second-order valence-corrected chi connectivity index (χ2v) is 4.81. The standard InChI is InChI=1S/C17H21NO3/c1-11-9-12(19-2)5-7-14(11)17(18)15-10-13(20-3)6-8-16(15)21-4/h5-10,17H,18H2,1-4H3. The summed E-state index contributed by atoms with van der Waals surface area (Å²) in [5.74, 6) is 2.33. The van der Waals surface area contributed by atoms with Crippen LogP contribution in [0.1, 0.15) is 22.7 Å². The van der Waals surface area contributed by atoms with Crippen molar-refractivity contribution in [3.05, 3.63) is 53.1 Å². The Hall–Kier alpha value is -2.20. The fourth-order valence-corrected chi connectivity index (χ4v) is 2.37. The molecule has 0 saturated heterocycles. The third kappa shape index (κ3) is 3.11. The van der Waals surface area contributed by atoms with Crippen molar-refractivity contribution in [1.82, 2.24) is 0 Å². The van der Waals surface area contributed by atoms with E-state index in [1.54, 1.807) is 21.3 Å². The average Bonchev–Trinajstić information content (AvgIpc) is 2.53.